The first-order valence-corrected chi connectivity index (χ1v) is 7.23. The minimum absolute atomic E-state index is 0.0318. The van der Waals surface area contributed by atoms with Gasteiger partial charge in [0, 0.05) is 24.3 Å². The molecule has 4 heteroatoms. The van der Waals surface area contributed by atoms with Crippen molar-refractivity contribution in [2.45, 2.75) is 33.1 Å². The summed E-state index contributed by atoms with van der Waals surface area (Å²) < 4.78 is 0. The molecule has 4 nitrogen and oxygen atoms in total. The van der Waals surface area contributed by atoms with Crippen LogP contribution in [-0.2, 0) is 0 Å². The molecule has 0 radical (unpaired) electrons. The van der Waals surface area contributed by atoms with Gasteiger partial charge in [0.25, 0.3) is 0 Å². The van der Waals surface area contributed by atoms with E-state index in [2.05, 4.69) is 12.2 Å². The number of Topliss-reactive ketones (excluding diaryl/α,β-unsaturated/α-hetero) is 1. The average Bonchev–Trinajstić information content (AvgIpc) is 2.64. The summed E-state index contributed by atoms with van der Waals surface area (Å²) in [5.74, 6) is 0.729. The van der Waals surface area contributed by atoms with Crippen molar-refractivity contribution < 1.29 is 9.59 Å². The molecule has 1 aromatic carbocycles. The fourth-order valence-electron chi connectivity index (χ4n) is 2.46. The van der Waals surface area contributed by atoms with Crippen LogP contribution in [0.25, 0.3) is 0 Å². The monoisotopic (exact) mass is 274 g/mol. The van der Waals surface area contributed by atoms with E-state index in [9.17, 15) is 9.59 Å². The van der Waals surface area contributed by atoms with E-state index in [0.717, 1.165) is 31.6 Å². The second-order valence-electron chi connectivity index (χ2n) is 5.59. The molecule has 0 aromatic heterocycles. The molecule has 1 N–H and O–H groups in total. The van der Waals surface area contributed by atoms with E-state index in [1.165, 1.54) is 13.3 Å². The number of hydrogen-bond acceptors (Lipinski definition) is 2. The number of carbonyl (C=O) groups excluding carboxylic acids is 2. The predicted molar refractivity (Wildman–Crippen MR) is 80.1 cm³/mol. The van der Waals surface area contributed by atoms with E-state index >= 15 is 0 Å². The lowest BCUT2D eigenvalue weighted by Crippen LogP contribution is -2.35. The van der Waals surface area contributed by atoms with Crippen LogP contribution in [0.2, 0.25) is 0 Å². The largest absolute Gasteiger partial charge is 0.325 e. The molecular weight excluding hydrogens is 252 g/mol. The van der Waals surface area contributed by atoms with Gasteiger partial charge in [-0.1, -0.05) is 6.92 Å². The highest BCUT2D eigenvalue weighted by Gasteiger charge is 2.18. The molecule has 0 bridgehead atoms. The number of carbonyl (C=O) groups is 2. The molecular formula is C16H22N2O2. The van der Waals surface area contributed by atoms with Crippen LogP contribution in [0.5, 0.6) is 0 Å². The Morgan fingerprint density at radius 1 is 1.15 bits per heavy atom. The summed E-state index contributed by atoms with van der Waals surface area (Å²) in [4.78, 5) is 25.3. The Labute approximate surface area is 120 Å². The number of likely N-dealkylation sites (tertiary alicyclic amines) is 1. The summed E-state index contributed by atoms with van der Waals surface area (Å²) in [6, 6.07) is 6.98. The Balaban J connectivity index is 1.95. The van der Waals surface area contributed by atoms with E-state index in [4.69, 9.17) is 0 Å². The molecule has 1 heterocycles. The maximum Gasteiger partial charge on any atom is 0.321 e. The fourth-order valence-corrected chi connectivity index (χ4v) is 2.46. The number of nitrogens with one attached hydrogen (secondary N) is 1. The molecule has 1 aliphatic heterocycles. The minimum Gasteiger partial charge on any atom is -0.325 e. The standard InChI is InChI=1S/C16H22N2O2/c1-12-4-3-10-18(11-9-12)16(20)17-15-7-5-14(6-8-15)13(2)19/h5-8,12H,3-4,9-11H2,1-2H3,(H,17,20). The number of urea groups is 1. The van der Waals surface area contributed by atoms with E-state index in [1.54, 1.807) is 24.3 Å². The van der Waals surface area contributed by atoms with Gasteiger partial charge >= 0.3 is 6.03 Å². The first-order chi connectivity index (χ1) is 9.56. The predicted octanol–water partition coefficient (Wildman–Crippen LogP) is 3.54. The second kappa shape index (κ2) is 6.55. The fraction of sp³-hybridized carbons (Fsp3) is 0.500. The van der Waals surface area contributed by atoms with Crippen molar-refractivity contribution in [2.75, 3.05) is 18.4 Å². The van der Waals surface area contributed by atoms with Crippen LogP contribution in [-0.4, -0.2) is 29.8 Å². The van der Waals surface area contributed by atoms with Crippen LogP contribution >= 0.6 is 0 Å². The number of ketones is 1. The van der Waals surface area contributed by atoms with Crippen LogP contribution < -0.4 is 5.32 Å². The summed E-state index contributed by atoms with van der Waals surface area (Å²) in [7, 11) is 0. The van der Waals surface area contributed by atoms with Crippen LogP contribution in [0.4, 0.5) is 10.5 Å². The zero-order chi connectivity index (χ0) is 14.5. The van der Waals surface area contributed by atoms with Crippen molar-refractivity contribution in [1.29, 1.82) is 0 Å². The molecule has 2 amide bonds. The van der Waals surface area contributed by atoms with Crippen LogP contribution in [0.15, 0.2) is 24.3 Å². The minimum atomic E-state index is -0.0466. The van der Waals surface area contributed by atoms with E-state index in [1.807, 2.05) is 4.90 Å². The van der Waals surface area contributed by atoms with Gasteiger partial charge in [0.2, 0.25) is 0 Å². The van der Waals surface area contributed by atoms with Gasteiger partial charge in [-0.2, -0.15) is 0 Å². The van der Waals surface area contributed by atoms with Crippen LogP contribution in [0, 0.1) is 5.92 Å². The highest BCUT2D eigenvalue weighted by molar-refractivity contribution is 5.95. The van der Waals surface area contributed by atoms with E-state index in [0.29, 0.717) is 11.5 Å². The zero-order valence-corrected chi connectivity index (χ0v) is 12.2. The number of hydrogen-bond donors (Lipinski definition) is 1. The molecule has 1 aromatic rings. The van der Waals surface area contributed by atoms with Gasteiger partial charge < -0.3 is 10.2 Å². The third kappa shape index (κ3) is 3.83. The maximum absolute atomic E-state index is 12.2. The molecule has 0 aliphatic carbocycles. The normalized spacial score (nSPS) is 19.3. The number of amides is 2. The molecule has 0 saturated carbocycles. The zero-order valence-electron chi connectivity index (χ0n) is 12.2. The summed E-state index contributed by atoms with van der Waals surface area (Å²) >= 11 is 0. The van der Waals surface area contributed by atoms with E-state index in [-0.39, 0.29) is 11.8 Å². The molecule has 108 valence electrons. The van der Waals surface area contributed by atoms with Gasteiger partial charge in [0.1, 0.15) is 0 Å². The SMILES string of the molecule is CC(=O)c1ccc(NC(=O)N2CCCC(C)CC2)cc1. The summed E-state index contributed by atoms with van der Waals surface area (Å²) in [5.41, 5.74) is 1.39. The first-order valence-electron chi connectivity index (χ1n) is 7.23. The maximum atomic E-state index is 12.2. The smallest absolute Gasteiger partial charge is 0.321 e. The number of nitrogens with zero attached hydrogens (tertiary/aromatic N) is 1. The van der Waals surface area contributed by atoms with Gasteiger partial charge in [-0.15, -0.1) is 0 Å². The molecule has 1 unspecified atom stereocenters. The topological polar surface area (TPSA) is 49.4 Å². The lowest BCUT2D eigenvalue weighted by molar-refractivity contribution is 0.101. The molecule has 1 atom stereocenters. The lowest BCUT2D eigenvalue weighted by atomic mass is 10.0. The van der Waals surface area contributed by atoms with Crippen molar-refractivity contribution in [3.05, 3.63) is 29.8 Å². The highest BCUT2D eigenvalue weighted by atomic mass is 16.2. The summed E-state index contributed by atoms with van der Waals surface area (Å²) in [5, 5.41) is 2.90. The van der Waals surface area contributed by atoms with Gasteiger partial charge in [-0.3, -0.25) is 4.79 Å². The van der Waals surface area contributed by atoms with Crippen molar-refractivity contribution in [1.82, 2.24) is 4.90 Å². The van der Waals surface area contributed by atoms with E-state index < -0.39 is 0 Å². The number of rotatable bonds is 2. The Morgan fingerprint density at radius 2 is 1.85 bits per heavy atom. The van der Waals surface area contributed by atoms with Gasteiger partial charge in [-0.25, -0.2) is 4.79 Å². The summed E-state index contributed by atoms with van der Waals surface area (Å²) in [6.45, 7) is 5.41. The Kier molecular flexibility index (Phi) is 4.77. The van der Waals surface area contributed by atoms with Gasteiger partial charge in [0.15, 0.2) is 5.78 Å². The summed E-state index contributed by atoms with van der Waals surface area (Å²) in [6.07, 6.45) is 3.33. The average molecular weight is 274 g/mol. The molecule has 1 aliphatic rings. The Morgan fingerprint density at radius 3 is 2.50 bits per heavy atom. The second-order valence-corrected chi connectivity index (χ2v) is 5.59. The van der Waals surface area contributed by atoms with Gasteiger partial charge in [0.05, 0.1) is 0 Å². The first kappa shape index (κ1) is 14.6. The molecule has 1 saturated heterocycles. The Hall–Kier alpha value is -1.84. The molecule has 20 heavy (non-hydrogen) atoms. The highest BCUT2D eigenvalue weighted by Crippen LogP contribution is 2.17. The third-order valence-corrected chi connectivity index (χ3v) is 3.85. The molecule has 1 fully saturated rings. The number of anilines is 1. The number of benzene rings is 1. The van der Waals surface area contributed by atoms with Crippen molar-refractivity contribution >= 4 is 17.5 Å². The third-order valence-electron chi connectivity index (χ3n) is 3.85. The quantitative estimate of drug-likeness (QED) is 0.838. The lowest BCUT2D eigenvalue weighted by Gasteiger charge is -2.21. The van der Waals surface area contributed by atoms with Crippen molar-refractivity contribution in [3.8, 4) is 0 Å². The van der Waals surface area contributed by atoms with Crippen LogP contribution in [0.1, 0.15) is 43.5 Å². The Bertz CT molecular complexity index is 482. The van der Waals surface area contributed by atoms with Crippen molar-refractivity contribution in [3.63, 3.8) is 0 Å². The van der Waals surface area contributed by atoms with Crippen LogP contribution in [0.3, 0.4) is 0 Å². The van der Waals surface area contributed by atoms with Gasteiger partial charge in [-0.05, 0) is 56.4 Å². The molecule has 2 rings (SSSR count). The van der Waals surface area contributed by atoms with Crippen molar-refractivity contribution in [2.24, 2.45) is 5.92 Å². The molecule has 0 spiro atoms.